The largest absolute Gasteiger partial charge is 0.478 e. The Labute approximate surface area is 115 Å². The van der Waals surface area contributed by atoms with Crippen LogP contribution >= 0.6 is 11.3 Å². The van der Waals surface area contributed by atoms with E-state index in [4.69, 9.17) is 9.52 Å². The van der Waals surface area contributed by atoms with E-state index in [2.05, 4.69) is 4.90 Å². The van der Waals surface area contributed by atoms with Crippen LogP contribution in [0.4, 0.5) is 0 Å². The van der Waals surface area contributed by atoms with Gasteiger partial charge in [0.05, 0.1) is 12.5 Å². The van der Waals surface area contributed by atoms with Gasteiger partial charge in [0.1, 0.15) is 0 Å². The molecule has 0 aliphatic heterocycles. The average Bonchev–Trinajstić information content (AvgIpc) is 2.98. The van der Waals surface area contributed by atoms with Crippen LogP contribution in [-0.2, 0) is 17.9 Å². The number of thiophene rings is 1. The summed E-state index contributed by atoms with van der Waals surface area (Å²) >= 11 is 1.63. The van der Waals surface area contributed by atoms with Crippen LogP contribution in [0.25, 0.3) is 6.08 Å². The first-order chi connectivity index (χ1) is 9.15. The summed E-state index contributed by atoms with van der Waals surface area (Å²) in [6, 6.07) is 3.88. The molecule has 0 atom stereocenters. The second kappa shape index (κ2) is 6.36. The monoisotopic (exact) mass is 277 g/mol. The van der Waals surface area contributed by atoms with Crippen LogP contribution in [0.5, 0.6) is 0 Å². The zero-order chi connectivity index (χ0) is 13.7. The minimum atomic E-state index is -0.927. The average molecular weight is 277 g/mol. The SMILES string of the molecule is CN(Cc1ccoc1)Cc1sccc1/C=C/C(=O)O. The van der Waals surface area contributed by atoms with Crippen LogP contribution in [0.3, 0.4) is 0 Å². The van der Waals surface area contributed by atoms with Crippen LogP contribution in [-0.4, -0.2) is 23.0 Å². The maximum atomic E-state index is 10.5. The molecule has 0 bridgehead atoms. The van der Waals surface area contributed by atoms with Gasteiger partial charge in [-0.15, -0.1) is 11.3 Å². The maximum Gasteiger partial charge on any atom is 0.328 e. The summed E-state index contributed by atoms with van der Waals surface area (Å²) in [5, 5.41) is 10.6. The molecule has 2 rings (SSSR count). The van der Waals surface area contributed by atoms with E-state index in [-0.39, 0.29) is 0 Å². The molecule has 0 spiro atoms. The van der Waals surface area contributed by atoms with Gasteiger partial charge in [-0.25, -0.2) is 4.79 Å². The van der Waals surface area contributed by atoms with Crippen LogP contribution in [0.2, 0.25) is 0 Å². The molecule has 5 heteroatoms. The van der Waals surface area contributed by atoms with Crippen molar-refractivity contribution in [1.82, 2.24) is 4.90 Å². The van der Waals surface area contributed by atoms with Gasteiger partial charge in [-0.05, 0) is 36.2 Å². The number of carboxylic acid groups (broad SMARTS) is 1. The third-order valence-corrected chi connectivity index (χ3v) is 3.55. The Kier molecular flexibility index (Phi) is 4.54. The van der Waals surface area contributed by atoms with Crippen LogP contribution in [0.1, 0.15) is 16.0 Å². The van der Waals surface area contributed by atoms with Crippen LogP contribution < -0.4 is 0 Å². The third kappa shape index (κ3) is 4.08. The number of rotatable bonds is 6. The Morgan fingerprint density at radius 1 is 1.47 bits per heavy atom. The summed E-state index contributed by atoms with van der Waals surface area (Å²) in [7, 11) is 2.03. The highest BCUT2D eigenvalue weighted by Crippen LogP contribution is 2.20. The fourth-order valence-corrected chi connectivity index (χ4v) is 2.73. The van der Waals surface area contributed by atoms with E-state index >= 15 is 0 Å². The van der Waals surface area contributed by atoms with Crippen molar-refractivity contribution in [3.05, 3.63) is 52.1 Å². The van der Waals surface area contributed by atoms with Crippen molar-refractivity contribution in [3.63, 3.8) is 0 Å². The Morgan fingerprint density at radius 3 is 3.00 bits per heavy atom. The third-order valence-electron chi connectivity index (χ3n) is 2.63. The van der Waals surface area contributed by atoms with Gasteiger partial charge in [0.25, 0.3) is 0 Å². The number of furan rings is 1. The van der Waals surface area contributed by atoms with Crippen molar-refractivity contribution in [2.45, 2.75) is 13.1 Å². The molecular weight excluding hydrogens is 262 g/mol. The van der Waals surface area contributed by atoms with Gasteiger partial charge < -0.3 is 9.52 Å². The lowest BCUT2D eigenvalue weighted by Gasteiger charge is -2.15. The molecule has 100 valence electrons. The molecule has 0 amide bonds. The van der Waals surface area contributed by atoms with Crippen molar-refractivity contribution in [3.8, 4) is 0 Å². The Balaban J connectivity index is 1.99. The van der Waals surface area contributed by atoms with E-state index < -0.39 is 5.97 Å². The number of aliphatic carboxylic acids is 1. The normalized spacial score (nSPS) is 11.5. The molecule has 0 saturated carbocycles. The lowest BCUT2D eigenvalue weighted by molar-refractivity contribution is -0.131. The van der Waals surface area contributed by atoms with E-state index in [0.29, 0.717) is 0 Å². The fourth-order valence-electron chi connectivity index (χ4n) is 1.78. The molecule has 0 unspecified atom stereocenters. The zero-order valence-corrected chi connectivity index (χ0v) is 11.4. The Hall–Kier alpha value is -1.85. The molecule has 0 aliphatic carbocycles. The summed E-state index contributed by atoms with van der Waals surface area (Å²) in [5.41, 5.74) is 2.09. The number of nitrogens with zero attached hydrogens (tertiary/aromatic N) is 1. The van der Waals surface area contributed by atoms with E-state index in [1.54, 1.807) is 29.9 Å². The standard InChI is InChI=1S/C14H15NO3S/c1-15(8-11-4-6-18-10-11)9-13-12(5-7-19-13)2-3-14(16)17/h2-7,10H,8-9H2,1H3,(H,16,17)/b3-2+. The van der Waals surface area contributed by atoms with E-state index in [1.165, 1.54) is 6.08 Å². The van der Waals surface area contributed by atoms with Crippen LogP contribution in [0, 0.1) is 0 Å². The minimum absolute atomic E-state index is 0.780. The van der Waals surface area contributed by atoms with Gasteiger partial charge >= 0.3 is 5.97 Å². The summed E-state index contributed by atoms with van der Waals surface area (Å²) in [6.45, 7) is 1.58. The Bertz CT molecular complexity index is 557. The van der Waals surface area contributed by atoms with Crippen molar-refractivity contribution >= 4 is 23.4 Å². The van der Waals surface area contributed by atoms with Gasteiger partial charge in [-0.1, -0.05) is 0 Å². The Morgan fingerprint density at radius 2 is 2.32 bits per heavy atom. The minimum Gasteiger partial charge on any atom is -0.478 e. The lowest BCUT2D eigenvalue weighted by Crippen LogP contribution is -2.16. The molecule has 2 aromatic rings. The predicted molar refractivity (Wildman–Crippen MR) is 74.9 cm³/mol. The molecule has 0 saturated heterocycles. The molecular formula is C14H15NO3S. The van der Waals surface area contributed by atoms with Crippen molar-refractivity contribution in [1.29, 1.82) is 0 Å². The molecule has 0 aliphatic rings. The molecule has 0 radical (unpaired) electrons. The van der Waals surface area contributed by atoms with Crippen LogP contribution in [0.15, 0.2) is 40.5 Å². The molecule has 19 heavy (non-hydrogen) atoms. The summed E-state index contributed by atoms with van der Waals surface area (Å²) < 4.78 is 5.04. The van der Waals surface area contributed by atoms with Crippen molar-refractivity contribution in [2.24, 2.45) is 0 Å². The van der Waals surface area contributed by atoms with Crippen molar-refractivity contribution < 1.29 is 14.3 Å². The van der Waals surface area contributed by atoms with Gasteiger partial charge in [-0.2, -0.15) is 0 Å². The van der Waals surface area contributed by atoms with Gasteiger partial charge in [0.2, 0.25) is 0 Å². The van der Waals surface area contributed by atoms with E-state index in [0.717, 1.165) is 29.1 Å². The second-order valence-corrected chi connectivity index (χ2v) is 5.28. The topological polar surface area (TPSA) is 53.7 Å². The quantitative estimate of drug-likeness (QED) is 0.824. The van der Waals surface area contributed by atoms with E-state index in [1.807, 2.05) is 24.6 Å². The molecule has 0 fully saturated rings. The van der Waals surface area contributed by atoms with Gasteiger partial charge in [-0.3, -0.25) is 4.90 Å². The molecule has 0 aromatic carbocycles. The predicted octanol–water partition coefficient (Wildman–Crippen LogP) is 3.07. The molecule has 1 N–H and O–H groups in total. The maximum absolute atomic E-state index is 10.5. The summed E-state index contributed by atoms with van der Waals surface area (Å²) in [5.74, 6) is -0.927. The second-order valence-electron chi connectivity index (χ2n) is 4.27. The highest BCUT2D eigenvalue weighted by Gasteiger charge is 2.07. The smallest absolute Gasteiger partial charge is 0.328 e. The van der Waals surface area contributed by atoms with Gasteiger partial charge in [0, 0.05) is 29.6 Å². The number of hydrogen-bond donors (Lipinski definition) is 1. The summed E-state index contributed by atoms with van der Waals surface area (Å²) in [4.78, 5) is 13.9. The number of hydrogen-bond acceptors (Lipinski definition) is 4. The molecule has 2 heterocycles. The fraction of sp³-hybridized carbons (Fsp3) is 0.214. The first-order valence-electron chi connectivity index (χ1n) is 5.82. The van der Waals surface area contributed by atoms with E-state index in [9.17, 15) is 4.79 Å². The van der Waals surface area contributed by atoms with Gasteiger partial charge in [0.15, 0.2) is 0 Å². The highest BCUT2D eigenvalue weighted by atomic mass is 32.1. The first kappa shape index (κ1) is 13.6. The number of carboxylic acids is 1. The van der Waals surface area contributed by atoms with Crippen molar-refractivity contribution in [2.75, 3.05) is 7.05 Å². The first-order valence-corrected chi connectivity index (χ1v) is 6.70. The molecule has 2 aromatic heterocycles. The summed E-state index contributed by atoms with van der Waals surface area (Å²) in [6.07, 6.45) is 6.20. The number of carbonyl (C=O) groups is 1. The zero-order valence-electron chi connectivity index (χ0n) is 10.6. The molecule has 4 nitrogen and oxygen atoms in total. The highest BCUT2D eigenvalue weighted by molar-refractivity contribution is 7.10. The lowest BCUT2D eigenvalue weighted by atomic mass is 10.2.